The van der Waals surface area contributed by atoms with E-state index in [1.165, 1.54) is 308 Å². The predicted octanol–water partition coefficient (Wildman–Crippen LogP) is 20.4. The number of carbonyl (C=O) groups is 1. The third-order valence-corrected chi connectivity index (χ3v) is 15.3. The maximum atomic E-state index is 12.6. The van der Waals surface area contributed by atoms with Gasteiger partial charge in [0.15, 0.2) is 0 Å². The molecule has 0 saturated carbocycles. The number of carbonyl (C=O) groups excluding carboxylic acids is 1. The number of aliphatic hydroxyl groups excluding tert-OH is 3. The minimum atomic E-state index is -1.10. The molecule has 0 rings (SSSR count). The minimum absolute atomic E-state index is 0.360. The van der Waals surface area contributed by atoms with Crippen molar-refractivity contribution in [2.45, 2.75) is 379 Å². The summed E-state index contributed by atoms with van der Waals surface area (Å²) in [6.07, 6.45) is 78.6. The fraction of sp³-hybridized carbons (Fsp3) is 0.923. The van der Waals surface area contributed by atoms with Crippen LogP contribution in [0.25, 0.3) is 0 Å². The molecule has 0 aliphatic rings. The van der Waals surface area contributed by atoms with E-state index in [0.29, 0.717) is 6.42 Å². The van der Waals surface area contributed by atoms with E-state index in [4.69, 9.17) is 0 Å². The van der Waals surface area contributed by atoms with Crippen LogP contribution >= 0.6 is 0 Å². The molecule has 3 atom stereocenters. The summed E-state index contributed by atoms with van der Waals surface area (Å²) >= 11 is 0. The van der Waals surface area contributed by atoms with Gasteiger partial charge in [0.2, 0.25) is 5.91 Å². The van der Waals surface area contributed by atoms with E-state index in [2.05, 4.69) is 31.3 Å². The van der Waals surface area contributed by atoms with Gasteiger partial charge in [0.1, 0.15) is 6.10 Å². The highest BCUT2D eigenvalue weighted by molar-refractivity contribution is 5.80. The molecule has 0 radical (unpaired) electrons. The summed E-state index contributed by atoms with van der Waals surface area (Å²) in [5.41, 5.74) is 0. The van der Waals surface area contributed by atoms with Gasteiger partial charge in [-0.3, -0.25) is 4.79 Å². The lowest BCUT2D eigenvalue weighted by atomic mass is 10.0. The summed E-state index contributed by atoms with van der Waals surface area (Å²) in [5.74, 6) is -0.496. The SMILES string of the molecule is CCCCCCCCCCCCCC/C=C\CCCCCCCCCCCCCCCCCCC(O)C(=O)NC(CO)C(O)/C=C/CCCCCCCCCCCCCCCCCCCCCCCC. The summed E-state index contributed by atoms with van der Waals surface area (Å²) in [6.45, 7) is 4.23. The Balaban J connectivity index is 3.50. The molecule has 0 aliphatic heterocycles. The Kier molecular flexibility index (Phi) is 59.4. The predicted molar refractivity (Wildman–Crippen MR) is 310 cm³/mol. The number of unbranched alkanes of at least 4 members (excludes halogenated alkanes) is 50. The second-order valence-corrected chi connectivity index (χ2v) is 22.3. The van der Waals surface area contributed by atoms with Gasteiger partial charge in [-0.05, 0) is 44.9 Å². The largest absolute Gasteiger partial charge is 0.394 e. The van der Waals surface area contributed by atoms with E-state index >= 15 is 0 Å². The average Bonchev–Trinajstić information content (AvgIpc) is 3.36. The third-order valence-electron chi connectivity index (χ3n) is 15.3. The quantitative estimate of drug-likeness (QED) is 0.0361. The third kappa shape index (κ3) is 54.6. The Bertz CT molecular complexity index is 1040. The maximum absolute atomic E-state index is 12.6. The van der Waals surface area contributed by atoms with Crippen LogP contribution in [0.15, 0.2) is 24.3 Å². The molecule has 70 heavy (non-hydrogen) atoms. The van der Waals surface area contributed by atoms with Gasteiger partial charge in [0, 0.05) is 0 Å². The molecule has 0 bridgehead atoms. The van der Waals surface area contributed by atoms with Gasteiger partial charge in [-0.1, -0.05) is 340 Å². The van der Waals surface area contributed by atoms with E-state index < -0.39 is 24.2 Å². The molecule has 0 aromatic rings. The zero-order valence-electron chi connectivity index (χ0n) is 47.7. The summed E-state index contributed by atoms with van der Waals surface area (Å²) < 4.78 is 0. The van der Waals surface area contributed by atoms with Crippen LogP contribution in [0.5, 0.6) is 0 Å². The standard InChI is InChI=1S/C65H127NO4/c1-3-5-7-9-11-13-15-17-19-21-23-25-27-29-30-31-32-33-34-35-36-38-40-42-44-46-48-50-52-54-56-58-60-64(69)65(70)66-62(61-67)63(68)59-57-55-53-51-49-47-45-43-41-39-37-28-26-24-22-20-18-16-14-12-10-8-6-4-2/h29-30,57,59,62-64,67-69H,3-28,31-56,58,60-61H2,1-2H3,(H,66,70)/b30-29-,59-57+. The topological polar surface area (TPSA) is 89.8 Å². The van der Waals surface area contributed by atoms with Crippen LogP contribution in [0, 0.1) is 0 Å². The lowest BCUT2D eigenvalue weighted by Gasteiger charge is -2.21. The number of amides is 1. The number of allylic oxidation sites excluding steroid dienone is 3. The van der Waals surface area contributed by atoms with Crippen LogP contribution < -0.4 is 5.32 Å². The highest BCUT2D eigenvalue weighted by atomic mass is 16.3. The lowest BCUT2D eigenvalue weighted by Crippen LogP contribution is -2.48. The van der Waals surface area contributed by atoms with Crippen LogP contribution in [0.3, 0.4) is 0 Å². The molecule has 0 heterocycles. The van der Waals surface area contributed by atoms with Gasteiger partial charge in [0.25, 0.3) is 0 Å². The van der Waals surface area contributed by atoms with Gasteiger partial charge in [-0.25, -0.2) is 0 Å². The van der Waals surface area contributed by atoms with Gasteiger partial charge in [-0.15, -0.1) is 0 Å². The van der Waals surface area contributed by atoms with Crippen LogP contribution in [0.4, 0.5) is 0 Å². The summed E-state index contributed by atoms with van der Waals surface area (Å²) in [7, 11) is 0. The molecule has 4 N–H and O–H groups in total. The number of aliphatic hydroxyl groups is 3. The first-order valence-electron chi connectivity index (χ1n) is 32.2. The molecule has 416 valence electrons. The molecule has 1 amide bonds. The van der Waals surface area contributed by atoms with Crippen molar-refractivity contribution in [3.63, 3.8) is 0 Å². The van der Waals surface area contributed by atoms with E-state index in [-0.39, 0.29) is 6.61 Å². The van der Waals surface area contributed by atoms with Crippen LogP contribution in [0.1, 0.15) is 361 Å². The van der Waals surface area contributed by atoms with Crippen LogP contribution in [-0.4, -0.2) is 46.1 Å². The fourth-order valence-corrected chi connectivity index (χ4v) is 10.3. The van der Waals surface area contributed by atoms with E-state index in [9.17, 15) is 20.1 Å². The molecule has 0 spiro atoms. The van der Waals surface area contributed by atoms with Crippen molar-refractivity contribution in [3.05, 3.63) is 24.3 Å². The van der Waals surface area contributed by atoms with E-state index in [1.807, 2.05) is 6.08 Å². The van der Waals surface area contributed by atoms with Gasteiger partial charge in [0.05, 0.1) is 18.8 Å². The van der Waals surface area contributed by atoms with Crippen molar-refractivity contribution >= 4 is 5.91 Å². The Morgan fingerprint density at radius 3 is 0.829 bits per heavy atom. The molecule has 0 fully saturated rings. The zero-order chi connectivity index (χ0) is 50.7. The highest BCUT2D eigenvalue weighted by Gasteiger charge is 2.22. The second-order valence-electron chi connectivity index (χ2n) is 22.3. The smallest absolute Gasteiger partial charge is 0.249 e. The molecular formula is C65H127NO4. The normalized spacial score (nSPS) is 13.3. The van der Waals surface area contributed by atoms with E-state index in [1.54, 1.807) is 6.08 Å². The number of rotatable bonds is 60. The second kappa shape index (κ2) is 60.4. The van der Waals surface area contributed by atoms with Crippen LogP contribution in [0.2, 0.25) is 0 Å². The van der Waals surface area contributed by atoms with Crippen molar-refractivity contribution in [2.75, 3.05) is 6.61 Å². The molecule has 5 heteroatoms. The van der Waals surface area contributed by atoms with Crippen molar-refractivity contribution < 1.29 is 20.1 Å². The molecule has 0 aliphatic carbocycles. The number of nitrogens with one attached hydrogen (secondary N) is 1. The first-order valence-corrected chi connectivity index (χ1v) is 32.2. The Morgan fingerprint density at radius 1 is 0.343 bits per heavy atom. The summed E-state index contributed by atoms with van der Waals surface area (Å²) in [6, 6.07) is -0.797. The first kappa shape index (κ1) is 68.8. The average molecular weight is 987 g/mol. The lowest BCUT2D eigenvalue weighted by molar-refractivity contribution is -0.131. The number of hydrogen-bond donors (Lipinski definition) is 4. The molecule has 3 unspecified atom stereocenters. The van der Waals surface area contributed by atoms with Gasteiger partial charge >= 0.3 is 0 Å². The van der Waals surface area contributed by atoms with Gasteiger partial charge in [-0.2, -0.15) is 0 Å². The first-order chi connectivity index (χ1) is 34.6. The Labute approximate surface area is 439 Å². The molecular weight excluding hydrogens is 859 g/mol. The van der Waals surface area contributed by atoms with Crippen molar-refractivity contribution in [1.29, 1.82) is 0 Å². The van der Waals surface area contributed by atoms with Crippen LogP contribution in [-0.2, 0) is 4.79 Å². The minimum Gasteiger partial charge on any atom is -0.394 e. The van der Waals surface area contributed by atoms with Gasteiger partial charge < -0.3 is 20.6 Å². The molecule has 5 nitrogen and oxygen atoms in total. The van der Waals surface area contributed by atoms with E-state index in [0.717, 1.165) is 32.1 Å². The maximum Gasteiger partial charge on any atom is 0.249 e. The van der Waals surface area contributed by atoms with Crippen molar-refractivity contribution in [1.82, 2.24) is 5.32 Å². The monoisotopic (exact) mass is 986 g/mol. The Morgan fingerprint density at radius 2 is 0.571 bits per heavy atom. The van der Waals surface area contributed by atoms with Crippen molar-refractivity contribution in [2.24, 2.45) is 0 Å². The van der Waals surface area contributed by atoms with Crippen molar-refractivity contribution in [3.8, 4) is 0 Å². The molecule has 0 aromatic carbocycles. The molecule has 0 aromatic heterocycles. The fourth-order valence-electron chi connectivity index (χ4n) is 10.3. The summed E-state index contributed by atoms with van der Waals surface area (Å²) in [4.78, 5) is 12.6. The Hall–Kier alpha value is -1.17. The highest BCUT2D eigenvalue weighted by Crippen LogP contribution is 2.18. The molecule has 0 saturated heterocycles. The summed E-state index contributed by atoms with van der Waals surface area (Å²) in [5, 5.41) is 33.5. The zero-order valence-corrected chi connectivity index (χ0v) is 47.7. The number of hydrogen-bond acceptors (Lipinski definition) is 4.